The third-order valence-corrected chi connectivity index (χ3v) is 4.49. The molecule has 1 unspecified atom stereocenters. The largest absolute Gasteiger partial charge is 0.352 e. The Balaban J connectivity index is 1.80. The molecule has 1 aliphatic heterocycles. The van der Waals surface area contributed by atoms with Gasteiger partial charge in [-0.25, -0.2) is 4.39 Å². The van der Waals surface area contributed by atoms with Gasteiger partial charge in [-0.2, -0.15) is 11.8 Å². The Bertz CT molecular complexity index is 475. The number of carbonyl (C=O) groups excluding carboxylic acids is 1. The van der Waals surface area contributed by atoms with Crippen molar-refractivity contribution in [3.05, 3.63) is 35.1 Å². The number of nitrogens with one attached hydrogen (secondary N) is 2. The molecule has 1 atom stereocenters. The van der Waals surface area contributed by atoms with Gasteiger partial charge in [0.2, 0.25) is 5.91 Å². The van der Waals surface area contributed by atoms with Crippen molar-refractivity contribution >= 4 is 17.7 Å². The van der Waals surface area contributed by atoms with Crippen molar-refractivity contribution in [1.29, 1.82) is 0 Å². The van der Waals surface area contributed by atoms with E-state index in [4.69, 9.17) is 0 Å². The van der Waals surface area contributed by atoms with Crippen LogP contribution in [0.15, 0.2) is 18.2 Å². The first kappa shape index (κ1) is 16.3. The zero-order chi connectivity index (χ0) is 15.1. The first-order chi connectivity index (χ1) is 10.2. The molecule has 0 spiro atoms. The number of rotatable bonds is 7. The first-order valence-electron chi connectivity index (χ1n) is 7.42. The highest BCUT2D eigenvalue weighted by Crippen LogP contribution is 2.17. The van der Waals surface area contributed by atoms with Crippen molar-refractivity contribution in [2.45, 2.75) is 31.6 Å². The van der Waals surface area contributed by atoms with Gasteiger partial charge in [0.25, 0.3) is 0 Å². The van der Waals surface area contributed by atoms with Crippen LogP contribution < -0.4 is 10.6 Å². The van der Waals surface area contributed by atoms with Crippen LogP contribution in [0, 0.1) is 11.7 Å². The monoisotopic (exact) mass is 310 g/mol. The smallest absolute Gasteiger partial charge is 0.220 e. The summed E-state index contributed by atoms with van der Waals surface area (Å²) in [4.78, 5) is 11.9. The summed E-state index contributed by atoms with van der Waals surface area (Å²) in [5, 5.41) is 6.26. The van der Waals surface area contributed by atoms with Crippen LogP contribution in [0.1, 0.15) is 30.4 Å². The maximum absolute atomic E-state index is 13.3. The molecule has 1 heterocycles. The Morgan fingerprint density at radius 3 is 3.05 bits per heavy atom. The summed E-state index contributed by atoms with van der Waals surface area (Å²) in [6.07, 6.45) is 4.68. The van der Waals surface area contributed by atoms with E-state index in [9.17, 15) is 9.18 Å². The molecule has 5 heteroatoms. The minimum Gasteiger partial charge on any atom is -0.352 e. The molecule has 21 heavy (non-hydrogen) atoms. The van der Waals surface area contributed by atoms with Gasteiger partial charge >= 0.3 is 0 Å². The molecular formula is C16H23FN2OS. The lowest BCUT2D eigenvalue weighted by Gasteiger charge is -2.11. The molecule has 1 amide bonds. The fourth-order valence-corrected chi connectivity index (χ4v) is 3.21. The molecule has 2 N–H and O–H groups in total. The molecular weight excluding hydrogens is 287 g/mol. The summed E-state index contributed by atoms with van der Waals surface area (Å²) in [5.41, 5.74) is 1.96. The van der Waals surface area contributed by atoms with Gasteiger partial charge in [-0.3, -0.25) is 4.79 Å². The number of amides is 1. The summed E-state index contributed by atoms with van der Waals surface area (Å²) in [6.45, 7) is 2.58. The first-order valence-corrected chi connectivity index (χ1v) is 8.82. The van der Waals surface area contributed by atoms with E-state index in [1.807, 2.05) is 6.26 Å². The number of hydrogen-bond acceptors (Lipinski definition) is 3. The van der Waals surface area contributed by atoms with Gasteiger partial charge in [0.1, 0.15) is 5.82 Å². The second-order valence-electron chi connectivity index (χ2n) is 5.52. The topological polar surface area (TPSA) is 41.1 Å². The highest BCUT2D eigenvalue weighted by atomic mass is 32.2. The molecule has 1 aliphatic rings. The second-order valence-corrected chi connectivity index (χ2v) is 6.39. The van der Waals surface area contributed by atoms with Crippen LogP contribution in [0.5, 0.6) is 0 Å². The summed E-state index contributed by atoms with van der Waals surface area (Å²) in [5.74, 6) is 1.26. The fourth-order valence-electron chi connectivity index (χ4n) is 2.64. The van der Waals surface area contributed by atoms with Crippen molar-refractivity contribution in [2.24, 2.45) is 5.92 Å². The minimum absolute atomic E-state index is 0.0846. The Morgan fingerprint density at radius 2 is 2.33 bits per heavy atom. The van der Waals surface area contributed by atoms with E-state index < -0.39 is 0 Å². The number of hydrogen-bond donors (Lipinski definition) is 2. The van der Waals surface area contributed by atoms with E-state index in [0.717, 1.165) is 36.4 Å². The molecule has 0 aliphatic carbocycles. The van der Waals surface area contributed by atoms with Crippen molar-refractivity contribution in [2.75, 3.05) is 19.3 Å². The third-order valence-electron chi connectivity index (χ3n) is 3.89. The van der Waals surface area contributed by atoms with Crippen molar-refractivity contribution < 1.29 is 9.18 Å². The molecule has 1 aromatic rings. The van der Waals surface area contributed by atoms with Gasteiger partial charge in [-0.15, -0.1) is 0 Å². The molecule has 0 aromatic heterocycles. The third kappa shape index (κ3) is 5.32. The van der Waals surface area contributed by atoms with Crippen molar-refractivity contribution in [3.63, 3.8) is 0 Å². The Kier molecular flexibility index (Phi) is 6.51. The van der Waals surface area contributed by atoms with Gasteiger partial charge in [-0.05, 0) is 61.4 Å². The SMILES string of the molecule is CSCc1cc(F)ccc1CNC(=O)CCC1CCNC1. The predicted molar refractivity (Wildman–Crippen MR) is 85.7 cm³/mol. The van der Waals surface area contributed by atoms with Gasteiger partial charge in [0.15, 0.2) is 0 Å². The number of thioether (sulfide) groups is 1. The molecule has 1 saturated heterocycles. The highest BCUT2D eigenvalue weighted by molar-refractivity contribution is 7.97. The summed E-state index contributed by atoms with van der Waals surface area (Å²) in [7, 11) is 0. The minimum atomic E-state index is -0.220. The van der Waals surface area contributed by atoms with Gasteiger partial charge < -0.3 is 10.6 Å². The lowest BCUT2D eigenvalue weighted by molar-refractivity contribution is -0.121. The lowest BCUT2D eigenvalue weighted by Crippen LogP contribution is -2.24. The molecule has 2 rings (SSSR count). The highest BCUT2D eigenvalue weighted by Gasteiger charge is 2.15. The summed E-state index contributed by atoms with van der Waals surface area (Å²) >= 11 is 1.65. The molecule has 0 saturated carbocycles. The van der Waals surface area contributed by atoms with Gasteiger partial charge in [0.05, 0.1) is 0 Å². The maximum atomic E-state index is 13.3. The number of carbonyl (C=O) groups is 1. The van der Waals surface area contributed by atoms with Gasteiger partial charge in [0, 0.05) is 18.7 Å². The van der Waals surface area contributed by atoms with E-state index in [-0.39, 0.29) is 11.7 Å². The zero-order valence-corrected chi connectivity index (χ0v) is 13.3. The zero-order valence-electron chi connectivity index (χ0n) is 12.5. The van der Waals surface area contributed by atoms with E-state index >= 15 is 0 Å². The Hall–Kier alpha value is -1.07. The summed E-state index contributed by atoms with van der Waals surface area (Å²) in [6, 6.07) is 4.78. The number of benzene rings is 1. The van der Waals surface area contributed by atoms with Crippen LogP contribution in [-0.4, -0.2) is 25.3 Å². The number of halogens is 1. The van der Waals surface area contributed by atoms with E-state index in [1.165, 1.54) is 12.5 Å². The average Bonchev–Trinajstić information content (AvgIpc) is 2.98. The Labute approximate surface area is 130 Å². The molecule has 0 radical (unpaired) electrons. The maximum Gasteiger partial charge on any atom is 0.220 e. The van der Waals surface area contributed by atoms with Crippen LogP contribution in [0.25, 0.3) is 0 Å². The van der Waals surface area contributed by atoms with Gasteiger partial charge in [-0.1, -0.05) is 6.07 Å². The van der Waals surface area contributed by atoms with Crippen molar-refractivity contribution in [1.82, 2.24) is 10.6 Å². The normalized spacial score (nSPS) is 17.9. The Morgan fingerprint density at radius 1 is 1.48 bits per heavy atom. The van der Waals surface area contributed by atoms with E-state index in [0.29, 0.717) is 18.9 Å². The van der Waals surface area contributed by atoms with E-state index in [2.05, 4.69) is 10.6 Å². The van der Waals surface area contributed by atoms with Crippen LogP contribution in [-0.2, 0) is 17.1 Å². The fraction of sp³-hybridized carbons (Fsp3) is 0.562. The molecule has 0 bridgehead atoms. The van der Waals surface area contributed by atoms with Crippen molar-refractivity contribution in [3.8, 4) is 0 Å². The summed E-state index contributed by atoms with van der Waals surface area (Å²) < 4.78 is 13.3. The van der Waals surface area contributed by atoms with Crippen LogP contribution in [0.3, 0.4) is 0 Å². The predicted octanol–water partition coefficient (Wildman–Crippen LogP) is 2.69. The standard InChI is InChI=1S/C16H23FN2OS/c1-21-11-14-8-15(17)4-3-13(14)10-19-16(20)5-2-12-6-7-18-9-12/h3-4,8,12,18H,2,5-7,9-11H2,1H3,(H,19,20). The lowest BCUT2D eigenvalue weighted by atomic mass is 10.0. The van der Waals surface area contributed by atoms with Crippen LogP contribution >= 0.6 is 11.8 Å². The quantitative estimate of drug-likeness (QED) is 0.813. The van der Waals surface area contributed by atoms with Crippen LogP contribution in [0.2, 0.25) is 0 Å². The molecule has 1 fully saturated rings. The van der Waals surface area contributed by atoms with Crippen LogP contribution in [0.4, 0.5) is 4.39 Å². The molecule has 3 nitrogen and oxygen atoms in total. The molecule has 116 valence electrons. The molecule has 1 aromatic carbocycles. The second kappa shape index (κ2) is 8.39. The van der Waals surface area contributed by atoms with E-state index in [1.54, 1.807) is 23.9 Å². The average molecular weight is 310 g/mol.